The second kappa shape index (κ2) is 3.75. The fraction of sp³-hybridized carbons (Fsp3) is 1.00. The average Bonchev–Trinajstić information content (AvgIpc) is 2.56. The molecule has 2 aliphatic rings. The SMILES string of the molecule is CC1CNCC(N2CCCC2)C1. The largest absolute Gasteiger partial charge is 0.315 e. The minimum Gasteiger partial charge on any atom is -0.315 e. The smallest absolute Gasteiger partial charge is 0.0223 e. The van der Waals surface area contributed by atoms with Crippen molar-refractivity contribution in [1.29, 1.82) is 0 Å². The molecule has 0 aliphatic carbocycles. The van der Waals surface area contributed by atoms with Gasteiger partial charge in [0, 0.05) is 12.6 Å². The van der Waals surface area contributed by atoms with Crippen molar-refractivity contribution in [3.05, 3.63) is 0 Å². The molecule has 0 aromatic carbocycles. The van der Waals surface area contributed by atoms with Crippen LogP contribution >= 0.6 is 0 Å². The van der Waals surface area contributed by atoms with Gasteiger partial charge in [-0.25, -0.2) is 0 Å². The van der Waals surface area contributed by atoms with Crippen LogP contribution < -0.4 is 5.32 Å². The van der Waals surface area contributed by atoms with E-state index >= 15 is 0 Å². The van der Waals surface area contributed by atoms with Gasteiger partial charge in [-0.2, -0.15) is 0 Å². The number of hydrogen-bond donors (Lipinski definition) is 1. The number of piperidine rings is 1. The molecule has 2 atom stereocenters. The summed E-state index contributed by atoms with van der Waals surface area (Å²) >= 11 is 0. The van der Waals surface area contributed by atoms with E-state index < -0.39 is 0 Å². The summed E-state index contributed by atoms with van der Waals surface area (Å²) in [4.78, 5) is 2.67. The molecule has 2 rings (SSSR count). The Morgan fingerprint density at radius 2 is 1.92 bits per heavy atom. The Hall–Kier alpha value is -0.0800. The van der Waals surface area contributed by atoms with Gasteiger partial charge in [-0.05, 0) is 44.8 Å². The van der Waals surface area contributed by atoms with Gasteiger partial charge in [-0.1, -0.05) is 6.92 Å². The summed E-state index contributed by atoms with van der Waals surface area (Å²) in [6.07, 6.45) is 4.25. The molecule has 2 heteroatoms. The van der Waals surface area contributed by atoms with Gasteiger partial charge in [0.2, 0.25) is 0 Å². The molecule has 12 heavy (non-hydrogen) atoms. The Bertz CT molecular complexity index is 141. The van der Waals surface area contributed by atoms with Crippen LogP contribution in [0.25, 0.3) is 0 Å². The zero-order valence-corrected chi connectivity index (χ0v) is 8.05. The first kappa shape index (κ1) is 8.52. The Morgan fingerprint density at radius 3 is 2.58 bits per heavy atom. The molecule has 2 saturated heterocycles. The second-order valence-corrected chi connectivity index (χ2v) is 4.40. The first-order valence-corrected chi connectivity index (χ1v) is 5.31. The quantitative estimate of drug-likeness (QED) is 0.630. The highest BCUT2D eigenvalue weighted by Gasteiger charge is 2.25. The standard InChI is InChI=1S/C10H20N2/c1-9-6-10(8-11-7-9)12-4-2-3-5-12/h9-11H,2-8H2,1H3. The van der Waals surface area contributed by atoms with Gasteiger partial charge in [0.15, 0.2) is 0 Å². The van der Waals surface area contributed by atoms with Gasteiger partial charge in [0.05, 0.1) is 0 Å². The zero-order valence-electron chi connectivity index (χ0n) is 8.05. The number of nitrogens with zero attached hydrogens (tertiary/aromatic N) is 1. The van der Waals surface area contributed by atoms with Crippen LogP contribution in [0.1, 0.15) is 26.2 Å². The molecule has 2 unspecified atom stereocenters. The van der Waals surface area contributed by atoms with Crippen LogP contribution in [0, 0.1) is 5.92 Å². The first-order chi connectivity index (χ1) is 5.86. The van der Waals surface area contributed by atoms with Gasteiger partial charge in [-0.3, -0.25) is 4.90 Å². The molecule has 0 aromatic rings. The van der Waals surface area contributed by atoms with Crippen LogP contribution in [0.15, 0.2) is 0 Å². The van der Waals surface area contributed by atoms with Crippen molar-refractivity contribution in [2.75, 3.05) is 26.2 Å². The van der Waals surface area contributed by atoms with E-state index in [9.17, 15) is 0 Å². The maximum atomic E-state index is 3.52. The van der Waals surface area contributed by atoms with Gasteiger partial charge in [0.25, 0.3) is 0 Å². The van der Waals surface area contributed by atoms with Crippen molar-refractivity contribution in [3.8, 4) is 0 Å². The van der Waals surface area contributed by atoms with Crippen LogP contribution in [0.4, 0.5) is 0 Å². The number of rotatable bonds is 1. The lowest BCUT2D eigenvalue weighted by Gasteiger charge is -2.34. The van der Waals surface area contributed by atoms with Crippen molar-refractivity contribution < 1.29 is 0 Å². The monoisotopic (exact) mass is 168 g/mol. The van der Waals surface area contributed by atoms with Crippen molar-refractivity contribution in [3.63, 3.8) is 0 Å². The van der Waals surface area contributed by atoms with Gasteiger partial charge >= 0.3 is 0 Å². The topological polar surface area (TPSA) is 15.3 Å². The van der Waals surface area contributed by atoms with Gasteiger partial charge < -0.3 is 5.32 Å². The molecule has 2 fully saturated rings. The highest BCUT2D eigenvalue weighted by molar-refractivity contribution is 4.83. The molecular weight excluding hydrogens is 148 g/mol. The zero-order chi connectivity index (χ0) is 8.39. The van der Waals surface area contributed by atoms with E-state index in [0.29, 0.717) is 0 Å². The summed E-state index contributed by atoms with van der Waals surface area (Å²) < 4.78 is 0. The summed E-state index contributed by atoms with van der Waals surface area (Å²) in [6, 6.07) is 0.844. The molecule has 2 aliphatic heterocycles. The maximum Gasteiger partial charge on any atom is 0.0223 e. The molecule has 0 radical (unpaired) electrons. The van der Waals surface area contributed by atoms with E-state index in [2.05, 4.69) is 17.1 Å². The summed E-state index contributed by atoms with van der Waals surface area (Å²) in [5.74, 6) is 0.879. The second-order valence-electron chi connectivity index (χ2n) is 4.40. The fourth-order valence-corrected chi connectivity index (χ4v) is 2.51. The Balaban J connectivity index is 1.85. The molecule has 2 nitrogen and oxygen atoms in total. The van der Waals surface area contributed by atoms with Crippen molar-refractivity contribution in [1.82, 2.24) is 10.2 Å². The minimum atomic E-state index is 0.844. The molecule has 2 heterocycles. The summed E-state index contributed by atoms with van der Waals surface area (Å²) in [5, 5.41) is 3.52. The van der Waals surface area contributed by atoms with E-state index in [1.807, 2.05) is 0 Å². The van der Waals surface area contributed by atoms with E-state index in [4.69, 9.17) is 0 Å². The van der Waals surface area contributed by atoms with E-state index in [1.165, 1.54) is 45.4 Å². The molecular formula is C10H20N2. The third-order valence-electron chi connectivity index (χ3n) is 3.20. The Kier molecular flexibility index (Phi) is 2.66. The van der Waals surface area contributed by atoms with Crippen molar-refractivity contribution in [2.45, 2.75) is 32.2 Å². The lowest BCUT2D eigenvalue weighted by molar-refractivity contribution is 0.176. The van der Waals surface area contributed by atoms with Gasteiger partial charge in [-0.15, -0.1) is 0 Å². The van der Waals surface area contributed by atoms with E-state index in [1.54, 1.807) is 0 Å². The highest BCUT2D eigenvalue weighted by Crippen LogP contribution is 2.19. The van der Waals surface area contributed by atoms with Crippen molar-refractivity contribution in [2.24, 2.45) is 5.92 Å². The fourth-order valence-electron chi connectivity index (χ4n) is 2.51. The third kappa shape index (κ3) is 1.80. The number of nitrogens with one attached hydrogen (secondary N) is 1. The minimum absolute atomic E-state index is 0.844. The third-order valence-corrected chi connectivity index (χ3v) is 3.20. The van der Waals surface area contributed by atoms with E-state index in [-0.39, 0.29) is 0 Å². The lowest BCUT2D eigenvalue weighted by Crippen LogP contribution is -2.47. The van der Waals surface area contributed by atoms with Crippen LogP contribution in [-0.4, -0.2) is 37.1 Å². The first-order valence-electron chi connectivity index (χ1n) is 5.31. The molecule has 0 spiro atoms. The van der Waals surface area contributed by atoms with Crippen LogP contribution in [0.3, 0.4) is 0 Å². The molecule has 0 aromatic heterocycles. The normalized spacial score (nSPS) is 38.8. The summed E-state index contributed by atoms with van der Waals surface area (Å²) in [7, 11) is 0. The van der Waals surface area contributed by atoms with Crippen LogP contribution in [0.5, 0.6) is 0 Å². The number of likely N-dealkylation sites (tertiary alicyclic amines) is 1. The predicted octanol–water partition coefficient (Wildman–Crippen LogP) is 1.08. The predicted molar refractivity (Wildman–Crippen MR) is 51.2 cm³/mol. The molecule has 0 saturated carbocycles. The molecule has 70 valence electrons. The highest BCUT2D eigenvalue weighted by atomic mass is 15.2. The molecule has 0 bridgehead atoms. The Morgan fingerprint density at radius 1 is 1.17 bits per heavy atom. The van der Waals surface area contributed by atoms with Crippen molar-refractivity contribution >= 4 is 0 Å². The van der Waals surface area contributed by atoms with Crippen LogP contribution in [0.2, 0.25) is 0 Å². The lowest BCUT2D eigenvalue weighted by atomic mass is 9.97. The Labute approximate surface area is 75.3 Å². The maximum absolute atomic E-state index is 3.52. The van der Waals surface area contributed by atoms with Crippen LogP contribution in [-0.2, 0) is 0 Å². The molecule has 0 amide bonds. The average molecular weight is 168 g/mol. The van der Waals surface area contributed by atoms with Gasteiger partial charge in [0.1, 0.15) is 0 Å². The number of hydrogen-bond acceptors (Lipinski definition) is 2. The molecule has 1 N–H and O–H groups in total. The summed E-state index contributed by atoms with van der Waals surface area (Å²) in [5.41, 5.74) is 0. The summed E-state index contributed by atoms with van der Waals surface area (Å²) in [6.45, 7) is 7.50. The van der Waals surface area contributed by atoms with E-state index in [0.717, 1.165) is 12.0 Å².